The van der Waals surface area contributed by atoms with Crippen molar-refractivity contribution < 1.29 is 9.53 Å². The Morgan fingerprint density at radius 3 is 2.76 bits per heavy atom. The summed E-state index contributed by atoms with van der Waals surface area (Å²) in [5.41, 5.74) is 1.40. The van der Waals surface area contributed by atoms with E-state index in [4.69, 9.17) is 4.74 Å². The smallest absolute Gasteiger partial charge is 0.253 e. The molecule has 1 atom stereocenters. The fourth-order valence-corrected chi connectivity index (χ4v) is 1.88. The molecule has 21 heavy (non-hydrogen) atoms. The lowest BCUT2D eigenvalue weighted by molar-refractivity contribution is 0.0807. The van der Waals surface area contributed by atoms with Gasteiger partial charge in [-0.25, -0.2) is 0 Å². The Labute approximate surface area is 127 Å². The number of ether oxygens (including phenoxy) is 1. The maximum Gasteiger partial charge on any atom is 0.253 e. The van der Waals surface area contributed by atoms with Crippen molar-refractivity contribution in [3.63, 3.8) is 0 Å². The number of carbonyl (C=O) groups excluding carboxylic acids is 1. The molecule has 0 spiro atoms. The molecule has 1 aromatic heterocycles. The largest absolute Gasteiger partial charge is 0.383 e. The maximum atomic E-state index is 12.5. The lowest BCUT2D eigenvalue weighted by Gasteiger charge is -2.22. The van der Waals surface area contributed by atoms with Crippen molar-refractivity contribution in [2.75, 3.05) is 25.1 Å². The van der Waals surface area contributed by atoms with Crippen LogP contribution >= 0.6 is 0 Å². The van der Waals surface area contributed by atoms with E-state index in [9.17, 15) is 4.79 Å². The summed E-state index contributed by atoms with van der Waals surface area (Å²) in [5.74, 6) is 0.226. The first-order chi connectivity index (χ1) is 10.1. The Morgan fingerprint density at radius 2 is 2.14 bits per heavy atom. The van der Waals surface area contributed by atoms with Crippen LogP contribution in [0.4, 0.5) is 5.69 Å². The standard InChI is InChI=1S/C16H27N3O2/c1-5-8-18-14-10-17-9-7-13(14)16(20)19-15(12(3)4)11-21-6-2/h7,9-10,12,15,18H,5-6,8,11H2,1-4H3,(H,19,20). The zero-order chi connectivity index (χ0) is 15.7. The summed E-state index contributed by atoms with van der Waals surface area (Å²) in [5, 5.41) is 6.29. The Bertz CT molecular complexity index is 435. The molecule has 2 N–H and O–H groups in total. The average Bonchev–Trinajstić information content (AvgIpc) is 2.49. The molecule has 0 radical (unpaired) electrons. The third-order valence-electron chi connectivity index (χ3n) is 3.25. The van der Waals surface area contributed by atoms with Gasteiger partial charge in [-0.05, 0) is 25.3 Å². The SMILES string of the molecule is CCCNc1cnccc1C(=O)NC(COCC)C(C)C. The lowest BCUT2D eigenvalue weighted by Crippen LogP contribution is -2.42. The van der Waals surface area contributed by atoms with Gasteiger partial charge in [-0.15, -0.1) is 0 Å². The predicted molar refractivity (Wildman–Crippen MR) is 85.6 cm³/mol. The molecule has 1 heterocycles. The predicted octanol–water partition coefficient (Wildman–Crippen LogP) is 2.69. The Balaban J connectivity index is 2.77. The molecule has 5 nitrogen and oxygen atoms in total. The van der Waals surface area contributed by atoms with Crippen molar-refractivity contribution in [3.8, 4) is 0 Å². The zero-order valence-electron chi connectivity index (χ0n) is 13.5. The Hall–Kier alpha value is -1.62. The first kappa shape index (κ1) is 17.4. The number of aromatic nitrogens is 1. The lowest BCUT2D eigenvalue weighted by atomic mass is 10.0. The molecular weight excluding hydrogens is 266 g/mol. The molecule has 1 rings (SSSR count). The Kier molecular flexibility index (Phi) is 7.75. The van der Waals surface area contributed by atoms with Crippen LogP contribution in [0.1, 0.15) is 44.5 Å². The van der Waals surface area contributed by atoms with E-state index in [0.717, 1.165) is 18.7 Å². The second-order valence-corrected chi connectivity index (χ2v) is 5.33. The molecule has 0 fully saturated rings. The summed E-state index contributed by atoms with van der Waals surface area (Å²) in [4.78, 5) is 16.5. The van der Waals surface area contributed by atoms with Crippen LogP contribution in [0.15, 0.2) is 18.5 Å². The van der Waals surface area contributed by atoms with Crippen molar-refractivity contribution in [1.82, 2.24) is 10.3 Å². The fraction of sp³-hybridized carbons (Fsp3) is 0.625. The molecule has 0 aromatic carbocycles. The van der Waals surface area contributed by atoms with Gasteiger partial charge >= 0.3 is 0 Å². The summed E-state index contributed by atoms with van der Waals surface area (Å²) >= 11 is 0. The fourth-order valence-electron chi connectivity index (χ4n) is 1.88. The van der Waals surface area contributed by atoms with E-state index in [0.29, 0.717) is 24.7 Å². The second-order valence-electron chi connectivity index (χ2n) is 5.33. The summed E-state index contributed by atoms with van der Waals surface area (Å²) in [6.45, 7) is 10.2. The number of hydrogen-bond acceptors (Lipinski definition) is 4. The number of nitrogens with one attached hydrogen (secondary N) is 2. The highest BCUT2D eigenvalue weighted by atomic mass is 16.5. The van der Waals surface area contributed by atoms with E-state index in [-0.39, 0.29) is 11.9 Å². The summed E-state index contributed by atoms with van der Waals surface area (Å²) in [6.07, 6.45) is 4.32. The molecule has 0 aliphatic rings. The van der Waals surface area contributed by atoms with Crippen molar-refractivity contribution >= 4 is 11.6 Å². The van der Waals surface area contributed by atoms with Crippen LogP contribution in [0.5, 0.6) is 0 Å². The third-order valence-corrected chi connectivity index (χ3v) is 3.25. The van der Waals surface area contributed by atoms with Crippen molar-refractivity contribution in [1.29, 1.82) is 0 Å². The van der Waals surface area contributed by atoms with Gasteiger partial charge in [0.25, 0.3) is 5.91 Å². The number of pyridine rings is 1. The van der Waals surface area contributed by atoms with E-state index in [1.165, 1.54) is 0 Å². The van der Waals surface area contributed by atoms with E-state index < -0.39 is 0 Å². The van der Waals surface area contributed by atoms with E-state index in [1.54, 1.807) is 18.5 Å². The van der Waals surface area contributed by atoms with Crippen molar-refractivity contribution in [2.45, 2.75) is 40.2 Å². The summed E-state index contributed by atoms with van der Waals surface area (Å²) in [7, 11) is 0. The van der Waals surface area contributed by atoms with Crippen LogP contribution in [0.3, 0.4) is 0 Å². The molecule has 1 aromatic rings. The number of nitrogens with zero attached hydrogens (tertiary/aromatic N) is 1. The monoisotopic (exact) mass is 293 g/mol. The number of anilines is 1. The highest BCUT2D eigenvalue weighted by Crippen LogP contribution is 2.14. The van der Waals surface area contributed by atoms with Gasteiger partial charge in [0.05, 0.1) is 30.1 Å². The van der Waals surface area contributed by atoms with E-state index in [2.05, 4.69) is 36.4 Å². The molecule has 118 valence electrons. The molecule has 0 saturated carbocycles. The van der Waals surface area contributed by atoms with Gasteiger partial charge in [-0.3, -0.25) is 9.78 Å². The normalized spacial score (nSPS) is 12.2. The average molecular weight is 293 g/mol. The van der Waals surface area contributed by atoms with Gasteiger partial charge in [-0.1, -0.05) is 20.8 Å². The maximum absolute atomic E-state index is 12.5. The van der Waals surface area contributed by atoms with Crippen LogP contribution in [0.2, 0.25) is 0 Å². The Morgan fingerprint density at radius 1 is 1.38 bits per heavy atom. The minimum absolute atomic E-state index is 0.00430. The van der Waals surface area contributed by atoms with Gasteiger partial charge < -0.3 is 15.4 Å². The van der Waals surface area contributed by atoms with E-state index in [1.807, 2.05) is 6.92 Å². The van der Waals surface area contributed by atoms with Crippen LogP contribution < -0.4 is 10.6 Å². The van der Waals surface area contributed by atoms with Crippen molar-refractivity contribution in [2.24, 2.45) is 5.92 Å². The number of amides is 1. The van der Waals surface area contributed by atoms with Crippen LogP contribution in [-0.2, 0) is 4.74 Å². The topological polar surface area (TPSA) is 63.2 Å². The molecule has 5 heteroatoms. The first-order valence-electron chi connectivity index (χ1n) is 7.66. The minimum Gasteiger partial charge on any atom is -0.383 e. The van der Waals surface area contributed by atoms with E-state index >= 15 is 0 Å². The number of hydrogen-bond donors (Lipinski definition) is 2. The molecule has 1 unspecified atom stereocenters. The van der Waals surface area contributed by atoms with Gasteiger partial charge in [0.2, 0.25) is 0 Å². The third kappa shape index (κ3) is 5.71. The van der Waals surface area contributed by atoms with Gasteiger partial charge in [0.1, 0.15) is 0 Å². The molecular formula is C16H27N3O2. The van der Waals surface area contributed by atoms with Crippen LogP contribution in [-0.4, -0.2) is 36.7 Å². The van der Waals surface area contributed by atoms with Crippen molar-refractivity contribution in [3.05, 3.63) is 24.0 Å². The van der Waals surface area contributed by atoms with Gasteiger partial charge in [0.15, 0.2) is 0 Å². The van der Waals surface area contributed by atoms with Crippen LogP contribution in [0.25, 0.3) is 0 Å². The molecule has 0 aliphatic heterocycles. The van der Waals surface area contributed by atoms with Crippen LogP contribution in [0, 0.1) is 5.92 Å². The second kappa shape index (κ2) is 9.34. The molecule has 0 aliphatic carbocycles. The molecule has 0 bridgehead atoms. The summed E-state index contributed by atoms with van der Waals surface area (Å²) in [6, 6.07) is 1.75. The number of carbonyl (C=O) groups is 1. The zero-order valence-corrected chi connectivity index (χ0v) is 13.5. The first-order valence-corrected chi connectivity index (χ1v) is 7.66. The highest BCUT2D eigenvalue weighted by molar-refractivity contribution is 5.99. The summed E-state index contributed by atoms with van der Waals surface area (Å²) < 4.78 is 5.45. The molecule has 1 amide bonds. The number of rotatable bonds is 9. The molecule has 0 saturated heterocycles. The minimum atomic E-state index is -0.0885. The van der Waals surface area contributed by atoms with Gasteiger partial charge in [0, 0.05) is 19.3 Å². The highest BCUT2D eigenvalue weighted by Gasteiger charge is 2.19. The van der Waals surface area contributed by atoms with Gasteiger partial charge in [-0.2, -0.15) is 0 Å². The quantitative estimate of drug-likeness (QED) is 0.735.